The molecule has 3 rings (SSSR count). The number of aromatic nitrogens is 3. The highest BCUT2D eigenvalue weighted by atomic mass is 35.5. The number of nitrogen functional groups attached to an aromatic ring is 1. The fourth-order valence-corrected chi connectivity index (χ4v) is 2.60. The topological polar surface area (TPSA) is 56.7 Å². The molecule has 0 radical (unpaired) electrons. The van der Waals surface area contributed by atoms with Crippen LogP contribution in [0.1, 0.15) is 0 Å². The second-order valence-corrected chi connectivity index (χ2v) is 5.12. The second-order valence-electron chi connectivity index (χ2n) is 3.87. The van der Waals surface area contributed by atoms with E-state index in [0.29, 0.717) is 31.9 Å². The zero-order valence-corrected chi connectivity index (χ0v) is 11.7. The maximum atomic E-state index is 6.18. The molecule has 19 heavy (non-hydrogen) atoms. The Morgan fingerprint density at radius 1 is 1.11 bits per heavy atom. The van der Waals surface area contributed by atoms with Gasteiger partial charge in [-0.3, -0.25) is 4.57 Å². The number of hydrogen-bond donors (Lipinski definition) is 1. The van der Waals surface area contributed by atoms with Crippen LogP contribution in [0.25, 0.3) is 16.9 Å². The lowest BCUT2D eigenvalue weighted by molar-refractivity contribution is 1.08. The van der Waals surface area contributed by atoms with Crippen LogP contribution in [0.5, 0.6) is 0 Å². The molecule has 0 spiro atoms. The summed E-state index contributed by atoms with van der Waals surface area (Å²) in [6, 6.07) is 6.89. The van der Waals surface area contributed by atoms with Crippen molar-refractivity contribution in [2.75, 3.05) is 5.73 Å². The Labute approximate surface area is 123 Å². The maximum absolute atomic E-state index is 6.18. The van der Waals surface area contributed by atoms with E-state index in [1.165, 1.54) is 6.20 Å². The molecule has 2 heterocycles. The lowest BCUT2D eigenvalue weighted by Crippen LogP contribution is -2.02. The van der Waals surface area contributed by atoms with Crippen LogP contribution >= 0.6 is 34.8 Å². The van der Waals surface area contributed by atoms with Crippen LogP contribution in [0.3, 0.4) is 0 Å². The monoisotopic (exact) mass is 312 g/mol. The number of benzene rings is 1. The van der Waals surface area contributed by atoms with Crippen molar-refractivity contribution in [3.63, 3.8) is 0 Å². The normalized spacial score (nSPS) is 11.1. The van der Waals surface area contributed by atoms with Crippen LogP contribution in [0.15, 0.2) is 30.5 Å². The molecule has 0 aliphatic rings. The summed E-state index contributed by atoms with van der Waals surface area (Å²) in [7, 11) is 0. The number of para-hydroxylation sites is 1. The highest BCUT2D eigenvalue weighted by molar-refractivity contribution is 6.38. The largest absolute Gasteiger partial charge is 0.369 e. The molecular formula is C12H7Cl3N4. The molecule has 2 N–H and O–H groups in total. The molecule has 3 aromatic rings. The summed E-state index contributed by atoms with van der Waals surface area (Å²) < 4.78 is 1.61. The van der Waals surface area contributed by atoms with Crippen LogP contribution in [0.2, 0.25) is 15.1 Å². The Morgan fingerprint density at radius 3 is 2.47 bits per heavy atom. The second kappa shape index (κ2) is 4.56. The fraction of sp³-hybridized carbons (Fsp3) is 0. The molecule has 96 valence electrons. The Balaban J connectivity index is 2.40. The molecule has 1 aromatic carbocycles. The van der Waals surface area contributed by atoms with Gasteiger partial charge >= 0.3 is 0 Å². The highest BCUT2D eigenvalue weighted by Crippen LogP contribution is 2.33. The summed E-state index contributed by atoms with van der Waals surface area (Å²) >= 11 is 18.2. The molecule has 0 aliphatic carbocycles. The van der Waals surface area contributed by atoms with Gasteiger partial charge < -0.3 is 5.73 Å². The third-order valence-electron chi connectivity index (χ3n) is 2.65. The van der Waals surface area contributed by atoms with Crippen LogP contribution in [-0.2, 0) is 0 Å². The van der Waals surface area contributed by atoms with Crippen LogP contribution < -0.4 is 5.73 Å². The zero-order chi connectivity index (χ0) is 13.6. The molecule has 4 nitrogen and oxygen atoms in total. The van der Waals surface area contributed by atoms with E-state index in [4.69, 9.17) is 40.5 Å². The molecule has 0 saturated carbocycles. The van der Waals surface area contributed by atoms with Gasteiger partial charge in [-0.2, -0.15) is 0 Å². The van der Waals surface area contributed by atoms with Crippen LogP contribution in [0, 0.1) is 0 Å². The van der Waals surface area contributed by atoms with Crippen molar-refractivity contribution in [3.05, 3.63) is 45.5 Å². The summed E-state index contributed by atoms with van der Waals surface area (Å²) in [6.45, 7) is 0. The lowest BCUT2D eigenvalue weighted by Gasteiger charge is -2.09. The van der Waals surface area contributed by atoms with E-state index in [1.807, 2.05) is 0 Å². The number of imidazole rings is 1. The minimum absolute atomic E-state index is 0.250. The molecule has 0 atom stereocenters. The Morgan fingerprint density at radius 2 is 1.79 bits per heavy atom. The van der Waals surface area contributed by atoms with Crippen molar-refractivity contribution in [1.29, 1.82) is 0 Å². The van der Waals surface area contributed by atoms with Gasteiger partial charge in [0.15, 0.2) is 5.65 Å². The molecule has 7 heteroatoms. The first-order valence-electron chi connectivity index (χ1n) is 5.32. The number of anilines is 1. The SMILES string of the molecule is Nc1nc2cc(Cl)cnc2n1-c1c(Cl)cccc1Cl. The van der Waals surface area contributed by atoms with E-state index in [9.17, 15) is 0 Å². The van der Waals surface area contributed by atoms with E-state index in [0.717, 1.165) is 0 Å². The molecule has 0 saturated heterocycles. The Hall–Kier alpha value is -1.49. The predicted octanol–water partition coefficient (Wildman–Crippen LogP) is 3.96. The lowest BCUT2D eigenvalue weighted by atomic mass is 10.3. The maximum Gasteiger partial charge on any atom is 0.207 e. The molecular weight excluding hydrogens is 307 g/mol. The molecule has 0 amide bonds. The average molecular weight is 314 g/mol. The number of hydrogen-bond acceptors (Lipinski definition) is 3. The summed E-state index contributed by atoms with van der Waals surface area (Å²) in [4.78, 5) is 8.44. The van der Waals surface area contributed by atoms with E-state index in [-0.39, 0.29) is 5.95 Å². The fourth-order valence-electron chi connectivity index (χ4n) is 1.88. The Kier molecular flexibility index (Phi) is 3.01. The Bertz CT molecular complexity index is 762. The first-order valence-corrected chi connectivity index (χ1v) is 6.45. The van der Waals surface area contributed by atoms with Crippen molar-refractivity contribution in [3.8, 4) is 5.69 Å². The van der Waals surface area contributed by atoms with Gasteiger partial charge in [-0.1, -0.05) is 40.9 Å². The third kappa shape index (κ3) is 2.02. The predicted molar refractivity (Wildman–Crippen MR) is 78.3 cm³/mol. The molecule has 0 bridgehead atoms. The van der Waals surface area contributed by atoms with E-state index < -0.39 is 0 Å². The first-order chi connectivity index (χ1) is 9.08. The van der Waals surface area contributed by atoms with Crippen molar-refractivity contribution in [2.24, 2.45) is 0 Å². The van der Waals surface area contributed by atoms with E-state index >= 15 is 0 Å². The van der Waals surface area contributed by atoms with Gasteiger partial charge in [0, 0.05) is 6.20 Å². The van der Waals surface area contributed by atoms with Crippen molar-refractivity contribution in [2.45, 2.75) is 0 Å². The number of rotatable bonds is 1. The number of halogens is 3. The van der Waals surface area contributed by atoms with E-state index in [1.54, 1.807) is 28.8 Å². The average Bonchev–Trinajstić information content (AvgIpc) is 2.65. The van der Waals surface area contributed by atoms with Crippen LogP contribution in [0.4, 0.5) is 5.95 Å². The minimum atomic E-state index is 0.250. The van der Waals surface area contributed by atoms with Gasteiger partial charge in [0.25, 0.3) is 0 Å². The van der Waals surface area contributed by atoms with Gasteiger partial charge in [0.1, 0.15) is 5.52 Å². The number of pyridine rings is 1. The van der Waals surface area contributed by atoms with Crippen molar-refractivity contribution < 1.29 is 0 Å². The quantitative estimate of drug-likeness (QED) is 0.739. The minimum Gasteiger partial charge on any atom is -0.369 e. The van der Waals surface area contributed by atoms with Crippen molar-refractivity contribution in [1.82, 2.24) is 14.5 Å². The van der Waals surface area contributed by atoms with Gasteiger partial charge in [0.2, 0.25) is 5.95 Å². The number of nitrogens with zero attached hydrogens (tertiary/aromatic N) is 3. The molecule has 2 aromatic heterocycles. The smallest absolute Gasteiger partial charge is 0.207 e. The number of nitrogens with two attached hydrogens (primary N) is 1. The van der Waals surface area contributed by atoms with Gasteiger partial charge in [0.05, 0.1) is 20.8 Å². The summed E-state index contributed by atoms with van der Waals surface area (Å²) in [5.41, 5.74) is 7.62. The molecule has 0 fully saturated rings. The standard InChI is InChI=1S/C12H7Cl3N4/c13-6-4-9-11(17-5-6)19(12(16)18-9)10-7(14)2-1-3-8(10)15/h1-5H,(H2,16,18). The van der Waals surface area contributed by atoms with E-state index in [2.05, 4.69) is 9.97 Å². The third-order valence-corrected chi connectivity index (χ3v) is 3.47. The summed E-state index contributed by atoms with van der Waals surface area (Å²) in [6.07, 6.45) is 1.52. The zero-order valence-electron chi connectivity index (χ0n) is 9.44. The summed E-state index contributed by atoms with van der Waals surface area (Å²) in [5, 5.41) is 1.42. The van der Waals surface area contributed by atoms with Gasteiger partial charge in [-0.15, -0.1) is 0 Å². The highest BCUT2D eigenvalue weighted by Gasteiger charge is 2.16. The first kappa shape index (κ1) is 12.5. The molecule has 0 aliphatic heterocycles. The van der Waals surface area contributed by atoms with Crippen molar-refractivity contribution >= 4 is 51.9 Å². The molecule has 0 unspecified atom stereocenters. The summed E-state index contributed by atoms with van der Waals surface area (Å²) in [5.74, 6) is 0.250. The van der Waals surface area contributed by atoms with Gasteiger partial charge in [-0.25, -0.2) is 9.97 Å². The van der Waals surface area contributed by atoms with Crippen LogP contribution in [-0.4, -0.2) is 14.5 Å². The number of fused-ring (bicyclic) bond motifs is 1. The van der Waals surface area contributed by atoms with Gasteiger partial charge in [-0.05, 0) is 18.2 Å².